The summed E-state index contributed by atoms with van der Waals surface area (Å²) in [6.07, 6.45) is 4.72. The Balaban J connectivity index is 2.09. The number of rotatable bonds is 4. The maximum atomic E-state index is 10.5. The van der Waals surface area contributed by atoms with E-state index in [1.807, 2.05) is 24.1 Å². The van der Waals surface area contributed by atoms with Crippen molar-refractivity contribution < 1.29 is 4.92 Å². The first-order valence-electron chi connectivity index (χ1n) is 5.37. The zero-order valence-corrected chi connectivity index (χ0v) is 9.85. The van der Waals surface area contributed by atoms with Crippen molar-refractivity contribution in [3.8, 4) is 0 Å². The van der Waals surface area contributed by atoms with Gasteiger partial charge in [-0.05, 0) is 23.8 Å². The molecule has 0 aliphatic carbocycles. The van der Waals surface area contributed by atoms with E-state index in [4.69, 9.17) is 0 Å². The fourth-order valence-corrected chi connectivity index (χ4v) is 1.56. The first kappa shape index (κ1) is 12.0. The second-order valence-electron chi connectivity index (χ2n) is 3.84. The lowest BCUT2D eigenvalue weighted by molar-refractivity contribution is -0.385. The molecule has 0 saturated heterocycles. The fraction of sp³-hybridized carbons (Fsp3) is 0.167. The zero-order valence-electron chi connectivity index (χ0n) is 9.85. The molecule has 0 saturated carbocycles. The maximum absolute atomic E-state index is 10.5. The summed E-state index contributed by atoms with van der Waals surface area (Å²) in [4.78, 5) is 20.0. The molecule has 0 aromatic carbocycles. The molecular weight excluding hydrogens is 232 g/mol. The first-order valence-corrected chi connectivity index (χ1v) is 5.37. The SMILES string of the molecule is CN(Cc1ccncc1)c1ccc([N+](=O)[O-])cn1. The number of aromatic nitrogens is 2. The van der Waals surface area contributed by atoms with Crippen molar-refractivity contribution in [1.82, 2.24) is 9.97 Å². The van der Waals surface area contributed by atoms with Gasteiger partial charge in [0.1, 0.15) is 12.0 Å². The average Bonchev–Trinajstić information content (AvgIpc) is 2.40. The first-order chi connectivity index (χ1) is 8.66. The lowest BCUT2D eigenvalue weighted by Crippen LogP contribution is -2.17. The summed E-state index contributed by atoms with van der Waals surface area (Å²) in [5.74, 6) is 0.692. The van der Waals surface area contributed by atoms with Gasteiger partial charge in [0, 0.05) is 32.1 Å². The molecule has 2 aromatic heterocycles. The van der Waals surface area contributed by atoms with Gasteiger partial charge in [0.25, 0.3) is 5.69 Å². The molecule has 2 aromatic rings. The number of pyridine rings is 2. The quantitative estimate of drug-likeness (QED) is 0.607. The highest BCUT2D eigenvalue weighted by atomic mass is 16.6. The van der Waals surface area contributed by atoms with Crippen LogP contribution in [0.25, 0.3) is 0 Å². The van der Waals surface area contributed by atoms with E-state index in [1.54, 1.807) is 18.5 Å². The van der Waals surface area contributed by atoms with Crippen molar-refractivity contribution in [1.29, 1.82) is 0 Å². The Hall–Kier alpha value is -2.50. The van der Waals surface area contributed by atoms with Gasteiger partial charge in [-0.2, -0.15) is 0 Å². The minimum absolute atomic E-state index is 0.00365. The van der Waals surface area contributed by atoms with E-state index in [1.165, 1.54) is 12.3 Å². The summed E-state index contributed by atoms with van der Waals surface area (Å²) in [7, 11) is 1.88. The average molecular weight is 244 g/mol. The zero-order chi connectivity index (χ0) is 13.0. The molecule has 6 heteroatoms. The molecule has 2 heterocycles. The molecule has 0 spiro atoms. The van der Waals surface area contributed by atoms with Gasteiger partial charge in [0.15, 0.2) is 0 Å². The van der Waals surface area contributed by atoms with Crippen LogP contribution in [0.15, 0.2) is 42.9 Å². The van der Waals surface area contributed by atoms with Gasteiger partial charge < -0.3 is 4.90 Å². The maximum Gasteiger partial charge on any atom is 0.287 e. The predicted octanol–water partition coefficient (Wildman–Crippen LogP) is 2.02. The molecule has 0 aliphatic rings. The molecule has 0 fully saturated rings. The summed E-state index contributed by atoms with van der Waals surface area (Å²) in [6, 6.07) is 6.93. The molecule has 0 bridgehead atoms. The van der Waals surface area contributed by atoms with Crippen LogP contribution in [0.5, 0.6) is 0 Å². The molecule has 0 amide bonds. The summed E-state index contributed by atoms with van der Waals surface area (Å²) in [5, 5.41) is 10.5. The van der Waals surface area contributed by atoms with E-state index in [2.05, 4.69) is 9.97 Å². The topological polar surface area (TPSA) is 72.2 Å². The Labute approximate surface area is 104 Å². The van der Waals surface area contributed by atoms with E-state index in [0.717, 1.165) is 5.56 Å². The van der Waals surface area contributed by atoms with Crippen molar-refractivity contribution in [2.45, 2.75) is 6.54 Å². The van der Waals surface area contributed by atoms with Crippen LogP contribution in [0.2, 0.25) is 0 Å². The van der Waals surface area contributed by atoms with Gasteiger partial charge in [0.2, 0.25) is 0 Å². The molecule has 18 heavy (non-hydrogen) atoms. The van der Waals surface area contributed by atoms with E-state index >= 15 is 0 Å². The standard InChI is InChI=1S/C12H12N4O2/c1-15(9-10-4-6-13-7-5-10)12-3-2-11(8-14-12)16(17)18/h2-8H,9H2,1H3. The van der Waals surface area contributed by atoms with Crippen molar-refractivity contribution in [3.63, 3.8) is 0 Å². The Bertz CT molecular complexity index is 528. The highest BCUT2D eigenvalue weighted by molar-refractivity contribution is 5.42. The molecular formula is C12H12N4O2. The highest BCUT2D eigenvalue weighted by Crippen LogP contribution is 2.16. The number of nitro groups is 1. The van der Waals surface area contributed by atoms with Gasteiger partial charge in [-0.3, -0.25) is 15.1 Å². The van der Waals surface area contributed by atoms with Crippen LogP contribution in [0.1, 0.15) is 5.56 Å². The third kappa shape index (κ3) is 2.79. The fourth-order valence-electron chi connectivity index (χ4n) is 1.56. The molecule has 0 unspecified atom stereocenters. The number of nitrogens with zero attached hydrogens (tertiary/aromatic N) is 4. The summed E-state index contributed by atoms with van der Waals surface area (Å²) in [6.45, 7) is 0.674. The molecule has 0 atom stereocenters. The van der Waals surface area contributed by atoms with Gasteiger partial charge in [-0.25, -0.2) is 4.98 Å². The van der Waals surface area contributed by atoms with Gasteiger partial charge in [-0.1, -0.05) is 0 Å². The Morgan fingerprint density at radius 2 is 2.00 bits per heavy atom. The van der Waals surface area contributed by atoms with E-state index in [0.29, 0.717) is 12.4 Å². The summed E-state index contributed by atoms with van der Waals surface area (Å²) < 4.78 is 0. The molecule has 0 N–H and O–H groups in total. The third-order valence-corrected chi connectivity index (χ3v) is 2.50. The lowest BCUT2D eigenvalue weighted by Gasteiger charge is -2.17. The normalized spacial score (nSPS) is 10.1. The van der Waals surface area contributed by atoms with Gasteiger partial charge in [0.05, 0.1) is 4.92 Å². The molecule has 92 valence electrons. The molecule has 0 radical (unpaired) electrons. The van der Waals surface area contributed by atoms with Crippen LogP contribution in [-0.2, 0) is 6.54 Å². The molecule has 0 aliphatic heterocycles. The third-order valence-electron chi connectivity index (χ3n) is 2.50. The van der Waals surface area contributed by atoms with Gasteiger partial charge in [-0.15, -0.1) is 0 Å². The van der Waals surface area contributed by atoms with Crippen molar-refractivity contribution in [3.05, 3.63) is 58.5 Å². The van der Waals surface area contributed by atoms with Crippen LogP contribution in [0.3, 0.4) is 0 Å². The van der Waals surface area contributed by atoms with Crippen LogP contribution < -0.4 is 4.90 Å². The second-order valence-corrected chi connectivity index (χ2v) is 3.84. The van der Waals surface area contributed by atoms with E-state index in [9.17, 15) is 10.1 Å². The van der Waals surface area contributed by atoms with E-state index in [-0.39, 0.29) is 5.69 Å². The lowest BCUT2D eigenvalue weighted by atomic mass is 10.2. The smallest absolute Gasteiger partial charge is 0.287 e. The predicted molar refractivity (Wildman–Crippen MR) is 67.2 cm³/mol. The van der Waals surface area contributed by atoms with Crippen LogP contribution in [-0.4, -0.2) is 21.9 Å². The highest BCUT2D eigenvalue weighted by Gasteiger charge is 2.08. The van der Waals surface area contributed by atoms with E-state index < -0.39 is 4.92 Å². The Morgan fingerprint density at radius 1 is 1.28 bits per heavy atom. The van der Waals surface area contributed by atoms with Gasteiger partial charge >= 0.3 is 0 Å². The number of anilines is 1. The largest absolute Gasteiger partial charge is 0.355 e. The molecule has 6 nitrogen and oxygen atoms in total. The Morgan fingerprint density at radius 3 is 2.56 bits per heavy atom. The van der Waals surface area contributed by atoms with Crippen LogP contribution in [0.4, 0.5) is 11.5 Å². The van der Waals surface area contributed by atoms with Crippen molar-refractivity contribution in [2.24, 2.45) is 0 Å². The summed E-state index contributed by atoms with van der Waals surface area (Å²) >= 11 is 0. The second kappa shape index (κ2) is 5.22. The number of hydrogen-bond acceptors (Lipinski definition) is 5. The Kier molecular flexibility index (Phi) is 3.47. The number of hydrogen-bond donors (Lipinski definition) is 0. The van der Waals surface area contributed by atoms with Crippen LogP contribution in [0, 0.1) is 10.1 Å². The monoisotopic (exact) mass is 244 g/mol. The van der Waals surface area contributed by atoms with Crippen molar-refractivity contribution >= 4 is 11.5 Å². The van der Waals surface area contributed by atoms with Crippen LogP contribution >= 0.6 is 0 Å². The summed E-state index contributed by atoms with van der Waals surface area (Å²) in [5.41, 5.74) is 1.10. The molecule has 2 rings (SSSR count). The minimum atomic E-state index is -0.459. The minimum Gasteiger partial charge on any atom is -0.355 e. The van der Waals surface area contributed by atoms with Crippen molar-refractivity contribution in [2.75, 3.05) is 11.9 Å².